The molecule has 0 bridgehead atoms. The van der Waals surface area contributed by atoms with Gasteiger partial charge in [-0.2, -0.15) is 5.26 Å². The van der Waals surface area contributed by atoms with Crippen molar-refractivity contribution in [3.8, 4) is 11.8 Å². The largest absolute Gasteiger partial charge is 0.316 e. The molecule has 0 aliphatic rings. The van der Waals surface area contributed by atoms with Crippen LogP contribution in [0.15, 0.2) is 72.4 Å². The van der Waals surface area contributed by atoms with Crippen molar-refractivity contribution >= 4 is 45.7 Å². The highest BCUT2D eigenvalue weighted by molar-refractivity contribution is 7.15. The molecule has 168 valence electrons. The number of nitriles is 1. The molecule has 0 saturated carbocycles. The summed E-state index contributed by atoms with van der Waals surface area (Å²) in [5.41, 5.74) is 1.73. The van der Waals surface area contributed by atoms with Crippen molar-refractivity contribution in [3.63, 3.8) is 0 Å². The molecule has 2 aromatic carbocycles. The number of carbonyl (C=O) groups excluding carboxylic acids is 1. The lowest BCUT2D eigenvalue weighted by atomic mass is 10.2. The van der Waals surface area contributed by atoms with Crippen molar-refractivity contribution in [3.05, 3.63) is 104 Å². The Bertz CT molecular complexity index is 1440. The Hall–Kier alpha value is -4.33. The van der Waals surface area contributed by atoms with Crippen molar-refractivity contribution in [1.29, 1.82) is 5.26 Å². The fourth-order valence-electron chi connectivity index (χ4n) is 3.14. The zero-order valence-corrected chi connectivity index (χ0v) is 19.0. The molecule has 2 aromatic heterocycles. The number of benzene rings is 2. The molecule has 0 atom stereocenters. The number of non-ortho nitro benzene ring substituents is 1. The van der Waals surface area contributed by atoms with E-state index in [4.69, 9.17) is 11.6 Å². The lowest BCUT2D eigenvalue weighted by Crippen LogP contribution is -2.13. The van der Waals surface area contributed by atoms with Gasteiger partial charge in [0.25, 0.3) is 11.6 Å². The summed E-state index contributed by atoms with van der Waals surface area (Å²) >= 11 is 7.46. The Kier molecular flexibility index (Phi) is 6.77. The van der Waals surface area contributed by atoms with E-state index in [-0.39, 0.29) is 21.4 Å². The normalized spacial score (nSPS) is 11.1. The van der Waals surface area contributed by atoms with Crippen LogP contribution in [0.2, 0.25) is 5.02 Å². The Balaban J connectivity index is 1.53. The van der Waals surface area contributed by atoms with E-state index in [1.54, 1.807) is 22.9 Å². The quantitative estimate of drug-likeness (QED) is 0.167. The molecule has 0 unspecified atom stereocenters. The highest BCUT2D eigenvalue weighted by Gasteiger charge is 2.16. The number of hydrogen-bond donors (Lipinski definition) is 1. The molecule has 4 rings (SSSR count). The summed E-state index contributed by atoms with van der Waals surface area (Å²) in [6.45, 7) is 0. The second-order valence-electron chi connectivity index (χ2n) is 6.98. The van der Waals surface area contributed by atoms with E-state index in [0.717, 1.165) is 10.6 Å². The van der Waals surface area contributed by atoms with Gasteiger partial charge < -0.3 is 4.57 Å². The monoisotopic (exact) mass is 490 g/mol. The summed E-state index contributed by atoms with van der Waals surface area (Å²) in [4.78, 5) is 23.1. The van der Waals surface area contributed by atoms with Crippen molar-refractivity contribution < 1.29 is 9.72 Å². The smallest absolute Gasteiger partial charge is 0.271 e. The maximum absolute atomic E-state index is 12.7. The van der Waals surface area contributed by atoms with Crippen molar-refractivity contribution in [2.24, 2.45) is 0 Å². The number of hydrogen-bond acceptors (Lipinski definition) is 7. The van der Waals surface area contributed by atoms with E-state index in [1.165, 1.54) is 35.6 Å². The number of carbonyl (C=O) groups is 1. The average molecular weight is 491 g/mol. The van der Waals surface area contributed by atoms with E-state index in [2.05, 4.69) is 15.5 Å². The third kappa shape index (κ3) is 5.17. The number of rotatable bonds is 7. The number of nitrogens with one attached hydrogen (secondary N) is 1. The van der Waals surface area contributed by atoms with E-state index >= 15 is 0 Å². The summed E-state index contributed by atoms with van der Waals surface area (Å²) in [5, 5.41) is 32.4. The number of nitro benzene ring substituents is 1. The number of halogens is 1. The first-order chi connectivity index (χ1) is 16.4. The lowest BCUT2D eigenvalue weighted by molar-refractivity contribution is -0.384. The third-order valence-corrected chi connectivity index (χ3v) is 5.87. The van der Waals surface area contributed by atoms with E-state index in [1.807, 2.05) is 36.4 Å². The molecule has 4 aromatic rings. The molecule has 34 heavy (non-hydrogen) atoms. The van der Waals surface area contributed by atoms with Gasteiger partial charge in [0.1, 0.15) is 16.6 Å². The first kappa shape index (κ1) is 22.8. The van der Waals surface area contributed by atoms with Crippen LogP contribution in [0.25, 0.3) is 11.8 Å². The average Bonchev–Trinajstić information content (AvgIpc) is 3.47. The topological polar surface area (TPSA) is 127 Å². The summed E-state index contributed by atoms with van der Waals surface area (Å²) in [6, 6.07) is 19.1. The molecule has 0 saturated heterocycles. The second-order valence-corrected chi connectivity index (χ2v) is 8.45. The van der Waals surface area contributed by atoms with Crippen LogP contribution in [0.3, 0.4) is 0 Å². The maximum Gasteiger partial charge on any atom is 0.271 e. The molecule has 0 aliphatic carbocycles. The Labute approximate surface area is 202 Å². The lowest BCUT2D eigenvalue weighted by Gasteiger charge is -2.09. The fraction of sp³-hybridized carbons (Fsp3) is 0.0435. The molecule has 0 aliphatic heterocycles. The fourth-order valence-corrected chi connectivity index (χ4v) is 4.18. The van der Waals surface area contributed by atoms with Crippen molar-refractivity contribution in [2.45, 2.75) is 6.42 Å². The molecular formula is C23H15ClN6O3S. The van der Waals surface area contributed by atoms with E-state index in [0.29, 0.717) is 17.8 Å². The summed E-state index contributed by atoms with van der Waals surface area (Å²) in [5.74, 6) is -0.632. The second kappa shape index (κ2) is 10.1. The molecule has 1 amide bonds. The standard InChI is InChI=1S/C23H15ClN6O3S/c24-19-13-18(30(32)33)8-9-20(19)29-10-4-7-17(29)12-16(14-25)22(31)26-23-28-27-21(34-23)11-15-5-2-1-3-6-15/h1-10,12-13H,11H2,(H,26,28,31)/b16-12-. The van der Waals surface area contributed by atoms with E-state index in [9.17, 15) is 20.2 Å². The molecular weight excluding hydrogens is 476 g/mol. The van der Waals surface area contributed by atoms with Crippen molar-refractivity contribution in [2.75, 3.05) is 5.32 Å². The van der Waals surface area contributed by atoms with Crippen LogP contribution in [0.1, 0.15) is 16.3 Å². The van der Waals surface area contributed by atoms with Gasteiger partial charge in [0, 0.05) is 30.4 Å². The van der Waals surface area contributed by atoms with Gasteiger partial charge in [-0.3, -0.25) is 20.2 Å². The maximum atomic E-state index is 12.7. The molecule has 0 fully saturated rings. The molecule has 11 heteroatoms. The number of aromatic nitrogens is 3. The van der Waals surface area contributed by atoms with Gasteiger partial charge in [-0.25, -0.2) is 0 Å². The number of amides is 1. The van der Waals surface area contributed by atoms with Crippen LogP contribution < -0.4 is 5.32 Å². The van der Waals surface area contributed by atoms with Crippen LogP contribution in [-0.2, 0) is 11.2 Å². The summed E-state index contributed by atoms with van der Waals surface area (Å²) in [7, 11) is 0. The summed E-state index contributed by atoms with van der Waals surface area (Å²) in [6.07, 6.45) is 3.66. The van der Waals surface area contributed by atoms with Gasteiger partial charge in [0.15, 0.2) is 0 Å². The molecule has 1 N–H and O–H groups in total. The first-order valence-corrected chi connectivity index (χ1v) is 11.0. The zero-order chi connectivity index (χ0) is 24.1. The van der Waals surface area contributed by atoms with Gasteiger partial charge in [-0.15, -0.1) is 10.2 Å². The minimum Gasteiger partial charge on any atom is -0.316 e. The van der Waals surface area contributed by atoms with Crippen LogP contribution in [0.4, 0.5) is 10.8 Å². The minimum atomic E-state index is -0.632. The zero-order valence-electron chi connectivity index (χ0n) is 17.4. The molecule has 9 nitrogen and oxygen atoms in total. The van der Waals surface area contributed by atoms with Crippen molar-refractivity contribution in [1.82, 2.24) is 14.8 Å². The van der Waals surface area contributed by atoms with Crippen LogP contribution in [0, 0.1) is 21.4 Å². The van der Waals surface area contributed by atoms with Crippen LogP contribution >= 0.6 is 22.9 Å². The molecule has 0 radical (unpaired) electrons. The van der Waals surface area contributed by atoms with Crippen LogP contribution in [-0.4, -0.2) is 25.6 Å². The highest BCUT2D eigenvalue weighted by Crippen LogP contribution is 2.28. The van der Waals surface area contributed by atoms with Gasteiger partial charge in [0.05, 0.1) is 15.6 Å². The van der Waals surface area contributed by atoms with E-state index < -0.39 is 10.8 Å². The third-order valence-electron chi connectivity index (χ3n) is 4.72. The molecule has 2 heterocycles. The minimum absolute atomic E-state index is 0.140. The predicted molar refractivity (Wildman–Crippen MR) is 129 cm³/mol. The SMILES string of the molecule is N#C/C(=C/c1cccn1-c1ccc([N+](=O)[O-])cc1Cl)C(=O)Nc1nnc(Cc2ccccc2)s1. The van der Waals surface area contributed by atoms with Crippen LogP contribution in [0.5, 0.6) is 0 Å². The first-order valence-electron chi connectivity index (χ1n) is 9.85. The number of nitrogens with zero attached hydrogens (tertiary/aromatic N) is 5. The van der Waals surface area contributed by atoms with Gasteiger partial charge in [-0.05, 0) is 29.8 Å². The molecule has 0 spiro atoms. The van der Waals surface area contributed by atoms with Gasteiger partial charge in [0.2, 0.25) is 5.13 Å². The van der Waals surface area contributed by atoms with Gasteiger partial charge in [-0.1, -0.05) is 53.3 Å². The summed E-state index contributed by atoms with van der Waals surface area (Å²) < 4.78 is 1.62. The van der Waals surface area contributed by atoms with Gasteiger partial charge >= 0.3 is 0 Å². The number of anilines is 1. The number of nitro groups is 1. The Morgan fingerprint density at radius 1 is 1.21 bits per heavy atom. The predicted octanol–water partition coefficient (Wildman–Crippen LogP) is 5.03. The Morgan fingerprint density at radius 3 is 2.71 bits per heavy atom. The highest BCUT2D eigenvalue weighted by atomic mass is 35.5. The Morgan fingerprint density at radius 2 is 2.00 bits per heavy atom.